The monoisotopic (exact) mass is 487 g/mol. The summed E-state index contributed by atoms with van der Waals surface area (Å²) < 4.78 is 23.2. The van der Waals surface area contributed by atoms with Gasteiger partial charge in [0.15, 0.2) is 23.1 Å². The first-order valence-electron chi connectivity index (χ1n) is 11.4. The number of carbonyl (C=O) groups excluding carboxylic acids is 3. The summed E-state index contributed by atoms with van der Waals surface area (Å²) in [4.78, 5) is 51.6. The van der Waals surface area contributed by atoms with Gasteiger partial charge in [-0.05, 0) is 38.2 Å². The lowest BCUT2D eigenvalue weighted by atomic mass is 10.0. The Labute approximate surface area is 199 Å². The maximum absolute atomic E-state index is 15.6. The highest BCUT2D eigenvalue weighted by Crippen LogP contribution is 2.49. The van der Waals surface area contributed by atoms with Crippen molar-refractivity contribution in [3.05, 3.63) is 27.7 Å². The number of amides is 1. The molecule has 0 radical (unpaired) electrons. The van der Waals surface area contributed by atoms with Crippen LogP contribution in [0.5, 0.6) is 5.75 Å². The zero-order valence-electron chi connectivity index (χ0n) is 19.3. The molecule has 2 aromatic rings. The summed E-state index contributed by atoms with van der Waals surface area (Å²) in [6, 6.07) is 1.26. The summed E-state index contributed by atoms with van der Waals surface area (Å²) in [5.41, 5.74) is 0.179. The zero-order valence-corrected chi connectivity index (χ0v) is 20.1. The fraction of sp³-hybridized carbons (Fsp3) is 0.500. The summed E-state index contributed by atoms with van der Waals surface area (Å²) in [6.45, 7) is 4.44. The van der Waals surface area contributed by atoms with Crippen LogP contribution >= 0.6 is 11.8 Å². The number of ketones is 2. The smallest absolute Gasteiger partial charge is 0.216 e. The number of ether oxygens (including phenoxy) is 1. The van der Waals surface area contributed by atoms with Crippen molar-refractivity contribution in [2.45, 2.75) is 49.4 Å². The van der Waals surface area contributed by atoms with Crippen molar-refractivity contribution >= 4 is 45.8 Å². The van der Waals surface area contributed by atoms with Gasteiger partial charge >= 0.3 is 0 Å². The van der Waals surface area contributed by atoms with Crippen LogP contribution in [0, 0.1) is 11.7 Å². The molecule has 1 aromatic carbocycles. The molecule has 3 aliphatic rings. The first-order chi connectivity index (χ1) is 16.2. The fourth-order valence-electron chi connectivity index (χ4n) is 5.03. The lowest BCUT2D eigenvalue weighted by Crippen LogP contribution is -2.29. The van der Waals surface area contributed by atoms with Gasteiger partial charge in [0.1, 0.15) is 10.9 Å². The van der Waals surface area contributed by atoms with Crippen LogP contribution in [0.3, 0.4) is 0 Å². The molecule has 2 aliphatic heterocycles. The number of hydrogen-bond acceptors (Lipinski definition) is 7. The van der Waals surface area contributed by atoms with Crippen LogP contribution in [0.15, 0.2) is 15.9 Å². The van der Waals surface area contributed by atoms with Gasteiger partial charge in [0.05, 0.1) is 28.6 Å². The van der Waals surface area contributed by atoms with Crippen LogP contribution in [0.1, 0.15) is 49.5 Å². The summed E-state index contributed by atoms with van der Waals surface area (Å²) in [7, 11) is 1.45. The minimum absolute atomic E-state index is 0.0182. The van der Waals surface area contributed by atoms with Gasteiger partial charge in [-0.1, -0.05) is 11.8 Å². The van der Waals surface area contributed by atoms with Crippen LogP contribution < -0.4 is 20.4 Å². The van der Waals surface area contributed by atoms with Crippen molar-refractivity contribution in [1.29, 1.82) is 0 Å². The predicted molar refractivity (Wildman–Crippen MR) is 127 cm³/mol. The van der Waals surface area contributed by atoms with Crippen LogP contribution in [0.25, 0.3) is 10.9 Å². The van der Waals surface area contributed by atoms with E-state index in [1.807, 2.05) is 9.47 Å². The van der Waals surface area contributed by atoms with Gasteiger partial charge in [-0.2, -0.15) is 0 Å². The number of nitrogens with one attached hydrogen (secondary N) is 1. The molecule has 34 heavy (non-hydrogen) atoms. The topological polar surface area (TPSA) is 97.7 Å². The number of anilines is 1. The van der Waals surface area contributed by atoms with E-state index in [-0.39, 0.29) is 46.0 Å². The summed E-state index contributed by atoms with van der Waals surface area (Å²) >= 11 is 1.11. The molecule has 3 heterocycles. The Balaban J connectivity index is 1.69. The normalized spacial score (nSPS) is 21.8. The largest absolute Gasteiger partial charge is 0.492 e. The van der Waals surface area contributed by atoms with E-state index in [0.29, 0.717) is 30.2 Å². The number of thioether (sulfide) groups is 1. The molecular weight excluding hydrogens is 461 g/mol. The number of Topliss-reactive ketones (excluding diaryl/α,β-unsaturated/α-hetero) is 2. The second-order valence-electron chi connectivity index (χ2n) is 9.26. The van der Waals surface area contributed by atoms with Gasteiger partial charge in [-0.3, -0.25) is 19.2 Å². The van der Waals surface area contributed by atoms with Gasteiger partial charge in [0.2, 0.25) is 11.3 Å². The Morgan fingerprint density at radius 3 is 2.59 bits per heavy atom. The number of halogens is 1. The molecule has 1 unspecified atom stereocenters. The van der Waals surface area contributed by atoms with Crippen LogP contribution in [-0.4, -0.2) is 54.0 Å². The maximum atomic E-state index is 15.6. The van der Waals surface area contributed by atoms with Crippen LogP contribution in [0.2, 0.25) is 0 Å². The number of hydrogen-bond donors (Lipinski definition) is 1. The molecule has 1 aliphatic carbocycles. The Kier molecular flexibility index (Phi) is 5.66. The molecule has 180 valence electrons. The van der Waals surface area contributed by atoms with Crippen LogP contribution in [0.4, 0.5) is 10.1 Å². The van der Waals surface area contributed by atoms with Gasteiger partial charge < -0.3 is 19.5 Å². The lowest BCUT2D eigenvalue weighted by molar-refractivity contribution is -0.119. The van der Waals surface area contributed by atoms with E-state index in [9.17, 15) is 19.2 Å². The number of carbonyl (C=O) groups is 3. The Bertz CT molecular complexity index is 1300. The molecule has 1 saturated heterocycles. The minimum atomic E-state index is -0.951. The number of nitrogens with zero attached hydrogens (tertiary/aromatic N) is 2. The van der Waals surface area contributed by atoms with Crippen molar-refractivity contribution < 1.29 is 23.5 Å². The lowest BCUT2D eigenvalue weighted by Gasteiger charge is -2.25. The number of pyridine rings is 1. The standard InChI is InChI=1S/C24H26FN3O5S/c1-11(29)23-21(32)17-20(31)15-8-16(25)19(27-7-6-13(10-27)9-26-12(2)30)22(33-3)18(15)28(14-4-5-14)24(17)34-23/h8,13-14,23H,4-7,9-10H2,1-3H3,(H,26,30)/t13-,23?/m0/s1. The molecule has 8 nitrogen and oxygen atoms in total. The van der Waals surface area contributed by atoms with Crippen LogP contribution in [-0.2, 0) is 9.59 Å². The predicted octanol–water partition coefficient (Wildman–Crippen LogP) is 2.69. The Morgan fingerprint density at radius 2 is 1.97 bits per heavy atom. The van der Waals surface area contributed by atoms with Gasteiger partial charge in [0, 0.05) is 32.6 Å². The van der Waals surface area contributed by atoms with E-state index >= 15 is 4.39 Å². The third kappa shape index (κ3) is 3.59. The number of methoxy groups -OCH3 is 1. The quantitative estimate of drug-likeness (QED) is 0.626. The van der Waals surface area contributed by atoms with Crippen molar-refractivity contribution in [2.75, 3.05) is 31.6 Å². The molecule has 2 fully saturated rings. The number of benzene rings is 1. The van der Waals surface area contributed by atoms with Crippen molar-refractivity contribution in [3.8, 4) is 5.75 Å². The summed E-state index contributed by atoms with van der Waals surface area (Å²) in [6.07, 6.45) is 2.51. The highest BCUT2D eigenvalue weighted by Gasteiger charge is 2.43. The number of aromatic nitrogens is 1. The highest BCUT2D eigenvalue weighted by atomic mass is 32.2. The van der Waals surface area contributed by atoms with Crippen molar-refractivity contribution in [2.24, 2.45) is 5.92 Å². The third-order valence-corrected chi connectivity index (χ3v) is 8.17. The molecule has 5 rings (SSSR count). The second kappa shape index (κ2) is 8.41. The van der Waals surface area contributed by atoms with E-state index in [4.69, 9.17) is 4.74 Å². The van der Waals surface area contributed by atoms with Gasteiger partial charge in [-0.15, -0.1) is 0 Å². The Morgan fingerprint density at radius 1 is 1.24 bits per heavy atom. The molecule has 1 amide bonds. The third-order valence-electron chi connectivity index (χ3n) is 6.77. The average Bonchev–Trinajstić information content (AvgIpc) is 3.40. The highest BCUT2D eigenvalue weighted by molar-refractivity contribution is 8.02. The first-order valence-corrected chi connectivity index (χ1v) is 12.3. The van der Waals surface area contributed by atoms with E-state index in [1.54, 1.807) is 0 Å². The van der Waals surface area contributed by atoms with Crippen molar-refractivity contribution in [1.82, 2.24) is 9.88 Å². The van der Waals surface area contributed by atoms with E-state index in [1.165, 1.54) is 27.0 Å². The molecule has 2 atom stereocenters. The molecule has 10 heteroatoms. The zero-order chi connectivity index (χ0) is 24.3. The molecule has 1 aromatic heterocycles. The summed E-state index contributed by atoms with van der Waals surface area (Å²) in [5.74, 6) is -1.08. The molecule has 0 bridgehead atoms. The molecule has 0 spiro atoms. The van der Waals surface area contributed by atoms with Crippen molar-refractivity contribution in [3.63, 3.8) is 0 Å². The van der Waals surface area contributed by atoms with Gasteiger partial charge in [-0.25, -0.2) is 4.39 Å². The Hall–Kier alpha value is -2.88. The van der Waals surface area contributed by atoms with Gasteiger partial charge in [0.25, 0.3) is 0 Å². The van der Waals surface area contributed by atoms with E-state index in [2.05, 4.69) is 5.32 Å². The first kappa shape index (κ1) is 22.9. The van der Waals surface area contributed by atoms with E-state index < -0.39 is 22.3 Å². The number of rotatable bonds is 6. The average molecular weight is 488 g/mol. The van der Waals surface area contributed by atoms with E-state index in [0.717, 1.165) is 31.0 Å². The fourth-order valence-corrected chi connectivity index (χ4v) is 6.31. The minimum Gasteiger partial charge on any atom is -0.492 e. The molecular formula is C24H26FN3O5S. The maximum Gasteiger partial charge on any atom is 0.216 e. The number of fused-ring (bicyclic) bond motifs is 2. The molecule has 1 saturated carbocycles. The SMILES string of the molecule is COc1c(N2CC[C@@H](CNC(C)=O)C2)c(F)cc2c(=O)c3c(n(C4CC4)c12)SC(C(C)=O)C3=O. The molecule has 1 N–H and O–H groups in total. The summed E-state index contributed by atoms with van der Waals surface area (Å²) in [5, 5.41) is 2.44. The second-order valence-corrected chi connectivity index (χ2v) is 10.4.